The minimum Gasteiger partial charge on any atom is -0.490 e. The highest BCUT2D eigenvalue weighted by Gasteiger charge is 2.16. The Hall–Kier alpha value is -2.24. The zero-order valence-electron chi connectivity index (χ0n) is 11.2. The van der Waals surface area contributed by atoms with Crippen molar-refractivity contribution in [3.05, 3.63) is 23.8 Å². The second-order valence-corrected chi connectivity index (χ2v) is 4.64. The largest absolute Gasteiger partial charge is 0.490 e. The molecule has 0 radical (unpaired) electrons. The van der Waals surface area contributed by atoms with Gasteiger partial charge in [0.2, 0.25) is 5.91 Å². The molecular weight excluding hydrogens is 262 g/mol. The molecule has 1 aromatic rings. The average molecular weight is 279 g/mol. The second-order valence-electron chi connectivity index (χ2n) is 4.64. The maximum absolute atomic E-state index is 11.7. The van der Waals surface area contributed by atoms with Crippen LogP contribution in [-0.4, -0.2) is 36.2 Å². The van der Waals surface area contributed by atoms with Gasteiger partial charge in [0.05, 0.1) is 19.6 Å². The van der Waals surface area contributed by atoms with Crippen molar-refractivity contribution in [1.29, 1.82) is 0 Å². The first-order valence-corrected chi connectivity index (χ1v) is 6.47. The summed E-state index contributed by atoms with van der Waals surface area (Å²) in [5.74, 6) is -0.101. The molecule has 1 atom stereocenters. The lowest BCUT2D eigenvalue weighted by atomic mass is 10.1. The first-order chi connectivity index (χ1) is 9.56. The number of rotatable bonds is 4. The lowest BCUT2D eigenvalue weighted by molar-refractivity contribution is -0.141. The highest BCUT2D eigenvalue weighted by Crippen LogP contribution is 2.30. The third kappa shape index (κ3) is 3.63. The molecule has 2 N–H and O–H groups in total. The number of ether oxygens (including phenoxy) is 2. The molecule has 1 heterocycles. The second kappa shape index (κ2) is 6.27. The van der Waals surface area contributed by atoms with E-state index in [9.17, 15) is 9.59 Å². The van der Waals surface area contributed by atoms with E-state index in [4.69, 9.17) is 14.6 Å². The fraction of sp³-hybridized carbons (Fsp3) is 0.429. The van der Waals surface area contributed by atoms with Crippen molar-refractivity contribution < 1.29 is 24.2 Å². The molecular formula is C14H17NO5. The van der Waals surface area contributed by atoms with Gasteiger partial charge in [0.25, 0.3) is 0 Å². The molecule has 1 aliphatic heterocycles. The Kier molecular flexibility index (Phi) is 4.45. The van der Waals surface area contributed by atoms with Crippen LogP contribution in [0.25, 0.3) is 0 Å². The van der Waals surface area contributed by atoms with E-state index in [1.54, 1.807) is 18.2 Å². The fourth-order valence-corrected chi connectivity index (χ4v) is 1.86. The Morgan fingerprint density at radius 2 is 2.00 bits per heavy atom. The van der Waals surface area contributed by atoms with Crippen LogP contribution in [0.1, 0.15) is 18.9 Å². The van der Waals surface area contributed by atoms with Crippen LogP contribution < -0.4 is 14.8 Å². The van der Waals surface area contributed by atoms with Crippen LogP contribution in [-0.2, 0) is 16.0 Å². The van der Waals surface area contributed by atoms with Gasteiger partial charge in [-0.3, -0.25) is 9.59 Å². The molecule has 108 valence electrons. The summed E-state index contributed by atoms with van der Waals surface area (Å²) in [4.78, 5) is 22.4. The van der Waals surface area contributed by atoms with Crippen LogP contribution in [0.3, 0.4) is 0 Å². The molecule has 6 heteroatoms. The van der Waals surface area contributed by atoms with Gasteiger partial charge in [-0.05, 0) is 24.6 Å². The highest BCUT2D eigenvalue weighted by atomic mass is 16.5. The molecule has 0 fully saturated rings. The molecule has 0 aromatic heterocycles. The van der Waals surface area contributed by atoms with Crippen molar-refractivity contribution in [1.82, 2.24) is 5.32 Å². The predicted octanol–water partition coefficient (Wildman–Crippen LogP) is 0.980. The number of carbonyl (C=O) groups is 2. The minimum atomic E-state index is -1.06. The fourth-order valence-electron chi connectivity index (χ4n) is 1.86. The van der Waals surface area contributed by atoms with Gasteiger partial charge in [0, 0.05) is 6.42 Å². The Balaban J connectivity index is 2.01. The number of carboxylic acids is 1. The van der Waals surface area contributed by atoms with Crippen LogP contribution in [0.5, 0.6) is 11.5 Å². The molecule has 0 bridgehead atoms. The van der Waals surface area contributed by atoms with Gasteiger partial charge >= 0.3 is 5.97 Å². The number of carboxylic acid groups (broad SMARTS) is 1. The summed E-state index contributed by atoms with van der Waals surface area (Å²) < 4.78 is 11.0. The summed E-state index contributed by atoms with van der Waals surface area (Å²) in [7, 11) is 0. The number of aliphatic carboxylic acids is 1. The summed E-state index contributed by atoms with van der Waals surface area (Å²) in [6.45, 7) is 2.62. The Bertz CT molecular complexity index is 514. The maximum Gasteiger partial charge on any atom is 0.325 e. The van der Waals surface area contributed by atoms with Gasteiger partial charge < -0.3 is 19.9 Å². The first-order valence-electron chi connectivity index (χ1n) is 6.47. The van der Waals surface area contributed by atoms with Gasteiger partial charge in [-0.1, -0.05) is 6.07 Å². The van der Waals surface area contributed by atoms with Crippen LogP contribution in [0.2, 0.25) is 0 Å². The monoisotopic (exact) mass is 279 g/mol. The van der Waals surface area contributed by atoms with Crippen LogP contribution >= 0.6 is 0 Å². The minimum absolute atomic E-state index is 0.105. The van der Waals surface area contributed by atoms with Gasteiger partial charge in [0.1, 0.15) is 6.04 Å². The van der Waals surface area contributed by atoms with Crippen LogP contribution in [0.4, 0.5) is 0 Å². The van der Waals surface area contributed by atoms with Gasteiger partial charge in [-0.15, -0.1) is 0 Å². The normalized spacial score (nSPS) is 15.1. The molecule has 1 unspecified atom stereocenters. The molecule has 0 saturated carbocycles. The lowest BCUT2D eigenvalue weighted by Gasteiger charge is -2.11. The maximum atomic E-state index is 11.7. The van der Waals surface area contributed by atoms with E-state index in [1.807, 2.05) is 0 Å². The Labute approximate surface area is 116 Å². The van der Waals surface area contributed by atoms with Gasteiger partial charge in [-0.25, -0.2) is 0 Å². The number of hydrogen-bond donors (Lipinski definition) is 2. The van der Waals surface area contributed by atoms with E-state index in [1.165, 1.54) is 6.92 Å². The van der Waals surface area contributed by atoms with E-state index in [0.717, 1.165) is 12.0 Å². The molecule has 1 aromatic carbocycles. The van der Waals surface area contributed by atoms with Crippen molar-refractivity contribution in [3.63, 3.8) is 0 Å². The summed E-state index contributed by atoms with van der Waals surface area (Å²) in [6, 6.07) is 4.40. The SMILES string of the molecule is CC(NC(=O)Cc1ccc2c(c1)OCCCO2)C(=O)O. The quantitative estimate of drug-likeness (QED) is 0.858. The highest BCUT2D eigenvalue weighted by molar-refractivity contribution is 5.84. The first kappa shape index (κ1) is 14.2. The Morgan fingerprint density at radius 3 is 2.70 bits per heavy atom. The average Bonchev–Trinajstić information content (AvgIpc) is 2.63. The molecule has 20 heavy (non-hydrogen) atoms. The molecule has 1 amide bonds. The van der Waals surface area contributed by atoms with Crippen LogP contribution in [0.15, 0.2) is 18.2 Å². The molecule has 6 nitrogen and oxygen atoms in total. The van der Waals surface area contributed by atoms with Crippen molar-refractivity contribution >= 4 is 11.9 Å². The third-order valence-electron chi connectivity index (χ3n) is 2.92. The predicted molar refractivity (Wildman–Crippen MR) is 71.0 cm³/mol. The molecule has 0 spiro atoms. The molecule has 0 saturated heterocycles. The molecule has 1 aliphatic rings. The van der Waals surface area contributed by atoms with E-state index < -0.39 is 12.0 Å². The van der Waals surface area contributed by atoms with Gasteiger partial charge in [-0.2, -0.15) is 0 Å². The van der Waals surface area contributed by atoms with E-state index in [-0.39, 0.29) is 12.3 Å². The number of fused-ring (bicyclic) bond motifs is 1. The smallest absolute Gasteiger partial charge is 0.325 e. The zero-order chi connectivity index (χ0) is 14.5. The zero-order valence-corrected chi connectivity index (χ0v) is 11.2. The summed E-state index contributed by atoms with van der Waals surface area (Å²) >= 11 is 0. The number of carbonyl (C=O) groups excluding carboxylic acids is 1. The van der Waals surface area contributed by atoms with E-state index in [0.29, 0.717) is 24.7 Å². The number of amides is 1. The lowest BCUT2D eigenvalue weighted by Crippen LogP contribution is -2.39. The number of nitrogens with one attached hydrogen (secondary N) is 1. The summed E-state index contributed by atoms with van der Waals surface area (Å²) in [5, 5.41) is 11.1. The molecule has 2 rings (SSSR count). The number of hydrogen-bond acceptors (Lipinski definition) is 4. The third-order valence-corrected chi connectivity index (χ3v) is 2.92. The van der Waals surface area contributed by atoms with Crippen molar-refractivity contribution in [2.75, 3.05) is 13.2 Å². The topological polar surface area (TPSA) is 84.9 Å². The standard InChI is InChI=1S/C14H17NO5/c1-9(14(17)18)15-13(16)8-10-3-4-11-12(7-10)20-6-2-5-19-11/h3-4,7,9H,2,5-6,8H2,1H3,(H,15,16)(H,17,18). The van der Waals surface area contributed by atoms with Crippen molar-refractivity contribution in [2.24, 2.45) is 0 Å². The van der Waals surface area contributed by atoms with E-state index in [2.05, 4.69) is 5.32 Å². The van der Waals surface area contributed by atoms with Gasteiger partial charge in [0.15, 0.2) is 11.5 Å². The number of benzene rings is 1. The molecule has 0 aliphatic carbocycles. The van der Waals surface area contributed by atoms with Crippen molar-refractivity contribution in [2.45, 2.75) is 25.8 Å². The van der Waals surface area contributed by atoms with Crippen molar-refractivity contribution in [3.8, 4) is 11.5 Å². The van der Waals surface area contributed by atoms with Crippen LogP contribution in [0, 0.1) is 0 Å². The summed E-state index contributed by atoms with van der Waals surface area (Å²) in [5.41, 5.74) is 0.754. The van der Waals surface area contributed by atoms with E-state index >= 15 is 0 Å². The summed E-state index contributed by atoms with van der Waals surface area (Å²) in [6.07, 6.45) is 0.925. The Morgan fingerprint density at radius 1 is 1.30 bits per heavy atom.